The van der Waals surface area contributed by atoms with E-state index < -0.39 is 6.10 Å². The van der Waals surface area contributed by atoms with Gasteiger partial charge in [0.15, 0.2) is 6.10 Å². The quantitative estimate of drug-likeness (QED) is 0.498. The number of carbonyl (C=O) groups is 2. The van der Waals surface area contributed by atoms with Crippen molar-refractivity contribution < 1.29 is 19.1 Å². The number of hydrogen-bond donors (Lipinski definition) is 0. The molecular weight excluding hydrogens is 184 g/mol. The van der Waals surface area contributed by atoms with E-state index in [1.54, 1.807) is 6.08 Å². The van der Waals surface area contributed by atoms with Gasteiger partial charge in [-0.25, -0.2) is 0 Å². The van der Waals surface area contributed by atoms with E-state index in [4.69, 9.17) is 9.47 Å². The molecule has 0 aromatic carbocycles. The van der Waals surface area contributed by atoms with Crippen molar-refractivity contribution >= 4 is 11.9 Å². The van der Waals surface area contributed by atoms with Crippen molar-refractivity contribution in [3.63, 3.8) is 0 Å². The van der Waals surface area contributed by atoms with Crippen molar-refractivity contribution in [3.05, 3.63) is 12.2 Å². The third kappa shape index (κ3) is 7.34. The summed E-state index contributed by atoms with van der Waals surface area (Å²) in [5, 5.41) is 0. The van der Waals surface area contributed by atoms with Gasteiger partial charge in [0.1, 0.15) is 6.61 Å². The van der Waals surface area contributed by atoms with E-state index in [1.165, 1.54) is 13.8 Å². The van der Waals surface area contributed by atoms with Gasteiger partial charge < -0.3 is 9.47 Å². The average molecular weight is 200 g/mol. The summed E-state index contributed by atoms with van der Waals surface area (Å²) in [7, 11) is 0. The Hall–Kier alpha value is -1.32. The monoisotopic (exact) mass is 200 g/mol. The first-order valence-corrected chi connectivity index (χ1v) is 4.53. The lowest BCUT2D eigenvalue weighted by Crippen LogP contribution is -2.21. The van der Waals surface area contributed by atoms with E-state index >= 15 is 0 Å². The number of rotatable bonds is 5. The summed E-state index contributed by atoms with van der Waals surface area (Å²) in [6.07, 6.45) is 3.94. The van der Waals surface area contributed by atoms with Gasteiger partial charge >= 0.3 is 11.9 Å². The first-order valence-electron chi connectivity index (χ1n) is 4.53. The van der Waals surface area contributed by atoms with E-state index in [-0.39, 0.29) is 18.5 Å². The molecule has 0 aliphatic heterocycles. The van der Waals surface area contributed by atoms with Crippen LogP contribution >= 0.6 is 0 Å². The Kier molecular flexibility index (Phi) is 6.45. The van der Waals surface area contributed by atoms with Crippen molar-refractivity contribution in [2.75, 3.05) is 6.61 Å². The zero-order valence-electron chi connectivity index (χ0n) is 8.78. The highest BCUT2D eigenvalue weighted by Crippen LogP contribution is 1.98. The number of esters is 2. The Labute approximate surface area is 83.9 Å². The molecule has 0 amide bonds. The predicted octanol–water partition coefficient (Wildman–Crippen LogP) is 1.45. The van der Waals surface area contributed by atoms with Crippen LogP contribution < -0.4 is 0 Å². The smallest absolute Gasteiger partial charge is 0.303 e. The topological polar surface area (TPSA) is 52.6 Å². The molecule has 0 saturated heterocycles. The first-order chi connectivity index (χ1) is 6.56. The molecule has 4 nitrogen and oxygen atoms in total. The van der Waals surface area contributed by atoms with Crippen molar-refractivity contribution in [3.8, 4) is 0 Å². The van der Waals surface area contributed by atoms with E-state index in [0.717, 1.165) is 6.42 Å². The Balaban J connectivity index is 4.03. The van der Waals surface area contributed by atoms with Crippen LogP contribution in [-0.4, -0.2) is 24.6 Å². The summed E-state index contributed by atoms with van der Waals surface area (Å²) in [6.45, 7) is 4.67. The lowest BCUT2D eigenvalue weighted by atomic mass is 10.3. The molecule has 0 spiro atoms. The van der Waals surface area contributed by atoms with E-state index in [1.807, 2.05) is 13.0 Å². The number of carbonyl (C=O) groups excluding carboxylic acids is 2. The van der Waals surface area contributed by atoms with Crippen molar-refractivity contribution in [2.45, 2.75) is 33.3 Å². The molecule has 14 heavy (non-hydrogen) atoms. The van der Waals surface area contributed by atoms with Crippen LogP contribution in [0.15, 0.2) is 12.2 Å². The molecule has 0 aliphatic carbocycles. The summed E-state index contributed by atoms with van der Waals surface area (Å²) in [5.41, 5.74) is 0. The molecule has 0 radical (unpaired) electrons. The Bertz CT molecular complexity index is 220. The molecule has 0 saturated carbocycles. The minimum Gasteiger partial charge on any atom is -0.462 e. The highest BCUT2D eigenvalue weighted by atomic mass is 16.6. The van der Waals surface area contributed by atoms with Gasteiger partial charge in [0, 0.05) is 13.8 Å². The Morgan fingerprint density at radius 3 is 2.36 bits per heavy atom. The van der Waals surface area contributed by atoms with Crippen LogP contribution in [0.2, 0.25) is 0 Å². The molecule has 0 bridgehead atoms. The maximum absolute atomic E-state index is 10.7. The van der Waals surface area contributed by atoms with Crippen LogP contribution in [-0.2, 0) is 19.1 Å². The van der Waals surface area contributed by atoms with Crippen LogP contribution in [0.1, 0.15) is 27.2 Å². The van der Waals surface area contributed by atoms with Crippen molar-refractivity contribution in [2.24, 2.45) is 0 Å². The highest BCUT2D eigenvalue weighted by molar-refractivity contribution is 5.67. The second-order valence-corrected chi connectivity index (χ2v) is 2.79. The van der Waals surface area contributed by atoms with Crippen LogP contribution in [0.4, 0.5) is 0 Å². The fourth-order valence-corrected chi connectivity index (χ4v) is 0.829. The summed E-state index contributed by atoms with van der Waals surface area (Å²) < 4.78 is 9.63. The zero-order valence-corrected chi connectivity index (χ0v) is 8.78. The molecule has 0 aromatic rings. The Morgan fingerprint density at radius 2 is 1.93 bits per heavy atom. The molecule has 0 rings (SSSR count). The fraction of sp³-hybridized carbons (Fsp3) is 0.600. The number of hydrogen-bond acceptors (Lipinski definition) is 4. The second kappa shape index (κ2) is 7.12. The third-order valence-electron chi connectivity index (χ3n) is 1.35. The van der Waals surface area contributed by atoms with Gasteiger partial charge in [0.25, 0.3) is 0 Å². The lowest BCUT2D eigenvalue weighted by Gasteiger charge is -2.12. The predicted molar refractivity (Wildman–Crippen MR) is 51.6 cm³/mol. The van der Waals surface area contributed by atoms with Gasteiger partial charge in [-0.15, -0.1) is 0 Å². The van der Waals surface area contributed by atoms with E-state index in [2.05, 4.69) is 0 Å². The third-order valence-corrected chi connectivity index (χ3v) is 1.35. The summed E-state index contributed by atoms with van der Waals surface area (Å²) in [4.78, 5) is 21.2. The molecule has 80 valence electrons. The SMILES string of the molecule is CCC=CC(COC(C)=O)OC(C)=O. The molecule has 1 atom stereocenters. The van der Waals surface area contributed by atoms with Gasteiger partial charge in [-0.05, 0) is 12.5 Å². The van der Waals surface area contributed by atoms with Crippen LogP contribution in [0.5, 0.6) is 0 Å². The molecule has 0 N–H and O–H groups in total. The maximum Gasteiger partial charge on any atom is 0.303 e. The molecule has 1 unspecified atom stereocenters. The molecule has 0 heterocycles. The number of ether oxygens (including phenoxy) is 2. The molecule has 4 heteroatoms. The van der Waals surface area contributed by atoms with Gasteiger partial charge in [-0.3, -0.25) is 9.59 Å². The van der Waals surface area contributed by atoms with Crippen LogP contribution in [0.25, 0.3) is 0 Å². The molecular formula is C10H16O4. The molecule has 0 aliphatic rings. The minimum absolute atomic E-state index is 0.0748. The summed E-state index contributed by atoms with van der Waals surface area (Å²) >= 11 is 0. The van der Waals surface area contributed by atoms with Gasteiger partial charge in [-0.2, -0.15) is 0 Å². The van der Waals surface area contributed by atoms with Crippen LogP contribution in [0, 0.1) is 0 Å². The minimum atomic E-state index is -0.476. The molecule has 0 fully saturated rings. The van der Waals surface area contributed by atoms with E-state index in [9.17, 15) is 9.59 Å². The lowest BCUT2D eigenvalue weighted by molar-refractivity contribution is -0.153. The normalized spacial score (nSPS) is 12.5. The maximum atomic E-state index is 10.7. The fourth-order valence-electron chi connectivity index (χ4n) is 0.829. The van der Waals surface area contributed by atoms with Gasteiger partial charge in [0.2, 0.25) is 0 Å². The molecule has 0 aromatic heterocycles. The number of allylic oxidation sites excluding steroid dienone is 1. The van der Waals surface area contributed by atoms with E-state index in [0.29, 0.717) is 0 Å². The van der Waals surface area contributed by atoms with Gasteiger partial charge in [-0.1, -0.05) is 13.0 Å². The zero-order chi connectivity index (χ0) is 11.0. The first kappa shape index (κ1) is 12.7. The highest BCUT2D eigenvalue weighted by Gasteiger charge is 2.09. The van der Waals surface area contributed by atoms with Crippen molar-refractivity contribution in [1.82, 2.24) is 0 Å². The van der Waals surface area contributed by atoms with Crippen molar-refractivity contribution in [1.29, 1.82) is 0 Å². The summed E-state index contributed by atoms with van der Waals surface area (Å²) in [6, 6.07) is 0. The Morgan fingerprint density at radius 1 is 1.29 bits per heavy atom. The standard InChI is InChI=1S/C10H16O4/c1-4-5-6-10(14-9(3)12)7-13-8(2)11/h5-6,10H,4,7H2,1-3H3. The summed E-state index contributed by atoms with van der Waals surface area (Å²) in [5.74, 6) is -0.769. The van der Waals surface area contributed by atoms with Crippen LogP contribution in [0.3, 0.4) is 0 Å². The van der Waals surface area contributed by atoms with Gasteiger partial charge in [0.05, 0.1) is 0 Å². The second-order valence-electron chi connectivity index (χ2n) is 2.79. The average Bonchev–Trinajstić information content (AvgIpc) is 2.09. The largest absolute Gasteiger partial charge is 0.462 e.